The number of hydrogen-bond acceptors (Lipinski definition) is 2. The molecule has 0 aromatic heterocycles. The molecular weight excluding hydrogens is 212 g/mol. The van der Waals surface area contributed by atoms with Gasteiger partial charge in [-0.05, 0) is 37.5 Å². The highest BCUT2D eigenvalue weighted by Gasteiger charge is 2.30. The van der Waals surface area contributed by atoms with Crippen LogP contribution in [0.15, 0.2) is 12.1 Å². The van der Waals surface area contributed by atoms with E-state index in [4.69, 9.17) is 0 Å². The lowest BCUT2D eigenvalue weighted by atomic mass is 9.83. The van der Waals surface area contributed by atoms with Crippen molar-refractivity contribution in [1.82, 2.24) is 0 Å². The Morgan fingerprint density at radius 1 is 1.12 bits per heavy atom. The zero-order valence-electron chi connectivity index (χ0n) is 11.6. The standard InChI is InChI=1S/C15H22O2/c1-9-7-10(2)12(11(3)8-9)13(16)14(17)15(4,5)6/h7-8,13,16H,1-6H3. The van der Waals surface area contributed by atoms with Gasteiger partial charge in [-0.25, -0.2) is 0 Å². The molecule has 1 atom stereocenters. The van der Waals surface area contributed by atoms with Gasteiger partial charge in [-0.1, -0.05) is 38.5 Å². The Bertz CT molecular complexity index is 416. The molecule has 2 heteroatoms. The van der Waals surface area contributed by atoms with Crippen molar-refractivity contribution in [2.24, 2.45) is 5.41 Å². The molecule has 17 heavy (non-hydrogen) atoms. The Balaban J connectivity index is 3.22. The van der Waals surface area contributed by atoms with E-state index in [0.29, 0.717) is 0 Å². The van der Waals surface area contributed by atoms with Crippen LogP contribution in [0.25, 0.3) is 0 Å². The molecule has 1 aromatic rings. The second-order valence-corrected chi connectivity index (χ2v) is 5.83. The average molecular weight is 234 g/mol. The smallest absolute Gasteiger partial charge is 0.171 e. The van der Waals surface area contributed by atoms with Gasteiger partial charge in [0.15, 0.2) is 5.78 Å². The molecule has 0 saturated heterocycles. The van der Waals surface area contributed by atoms with Gasteiger partial charge >= 0.3 is 0 Å². The zero-order chi connectivity index (χ0) is 13.4. The van der Waals surface area contributed by atoms with Crippen LogP contribution in [-0.2, 0) is 4.79 Å². The van der Waals surface area contributed by atoms with Crippen LogP contribution in [-0.4, -0.2) is 10.9 Å². The van der Waals surface area contributed by atoms with E-state index in [1.165, 1.54) is 0 Å². The number of aliphatic hydroxyl groups excluding tert-OH is 1. The van der Waals surface area contributed by atoms with E-state index < -0.39 is 11.5 Å². The zero-order valence-corrected chi connectivity index (χ0v) is 11.6. The summed E-state index contributed by atoms with van der Waals surface area (Å²) in [7, 11) is 0. The van der Waals surface area contributed by atoms with Crippen molar-refractivity contribution >= 4 is 5.78 Å². The minimum atomic E-state index is -1.02. The fraction of sp³-hybridized carbons (Fsp3) is 0.533. The molecule has 0 amide bonds. The Kier molecular flexibility index (Phi) is 3.78. The van der Waals surface area contributed by atoms with Crippen LogP contribution in [0.2, 0.25) is 0 Å². The van der Waals surface area contributed by atoms with Gasteiger partial charge in [0.1, 0.15) is 6.10 Å². The molecule has 0 fully saturated rings. The van der Waals surface area contributed by atoms with Crippen molar-refractivity contribution in [2.45, 2.75) is 47.6 Å². The second kappa shape index (κ2) is 4.61. The van der Waals surface area contributed by atoms with Crippen molar-refractivity contribution in [1.29, 1.82) is 0 Å². The lowest BCUT2D eigenvalue weighted by Crippen LogP contribution is -2.27. The van der Waals surface area contributed by atoms with Crippen molar-refractivity contribution < 1.29 is 9.90 Å². The van der Waals surface area contributed by atoms with Gasteiger partial charge in [0.2, 0.25) is 0 Å². The number of benzene rings is 1. The molecule has 0 spiro atoms. The number of carbonyl (C=O) groups excluding carboxylic acids is 1. The number of carbonyl (C=O) groups is 1. The summed E-state index contributed by atoms with van der Waals surface area (Å²) in [5.74, 6) is -0.132. The van der Waals surface area contributed by atoms with E-state index in [0.717, 1.165) is 22.3 Å². The van der Waals surface area contributed by atoms with Crippen molar-refractivity contribution in [3.8, 4) is 0 Å². The average Bonchev–Trinajstić information content (AvgIpc) is 2.13. The van der Waals surface area contributed by atoms with Crippen LogP contribution >= 0.6 is 0 Å². The van der Waals surface area contributed by atoms with E-state index in [1.807, 2.05) is 53.7 Å². The van der Waals surface area contributed by atoms with E-state index >= 15 is 0 Å². The van der Waals surface area contributed by atoms with Gasteiger partial charge < -0.3 is 5.11 Å². The number of hydrogen-bond donors (Lipinski definition) is 1. The monoisotopic (exact) mass is 234 g/mol. The van der Waals surface area contributed by atoms with Gasteiger partial charge in [-0.15, -0.1) is 0 Å². The second-order valence-electron chi connectivity index (χ2n) is 5.83. The lowest BCUT2D eigenvalue weighted by molar-refractivity contribution is -0.135. The van der Waals surface area contributed by atoms with E-state index in [-0.39, 0.29) is 5.78 Å². The number of aliphatic hydroxyl groups is 1. The molecule has 1 rings (SSSR count). The highest BCUT2D eigenvalue weighted by molar-refractivity contribution is 5.89. The van der Waals surface area contributed by atoms with Crippen molar-refractivity contribution in [2.75, 3.05) is 0 Å². The van der Waals surface area contributed by atoms with Crippen LogP contribution in [0.3, 0.4) is 0 Å². The van der Waals surface area contributed by atoms with Gasteiger partial charge in [0.05, 0.1) is 0 Å². The Morgan fingerprint density at radius 3 is 1.88 bits per heavy atom. The third kappa shape index (κ3) is 2.95. The molecule has 0 heterocycles. The third-order valence-corrected chi connectivity index (χ3v) is 3.00. The predicted molar refractivity (Wildman–Crippen MR) is 70.1 cm³/mol. The molecule has 1 aromatic carbocycles. The van der Waals surface area contributed by atoms with Gasteiger partial charge in [-0.3, -0.25) is 4.79 Å². The fourth-order valence-electron chi connectivity index (χ4n) is 2.16. The number of aryl methyl sites for hydroxylation is 3. The van der Waals surface area contributed by atoms with Crippen LogP contribution in [0.5, 0.6) is 0 Å². The summed E-state index contributed by atoms with van der Waals surface area (Å²) in [5, 5.41) is 10.2. The first kappa shape index (κ1) is 13.9. The minimum Gasteiger partial charge on any atom is -0.381 e. The summed E-state index contributed by atoms with van der Waals surface area (Å²) in [5.41, 5.74) is 3.35. The highest BCUT2D eigenvalue weighted by Crippen LogP contribution is 2.30. The van der Waals surface area contributed by atoms with Crippen LogP contribution in [0.4, 0.5) is 0 Å². The van der Waals surface area contributed by atoms with E-state index in [2.05, 4.69) is 0 Å². The molecule has 1 N–H and O–H groups in total. The third-order valence-electron chi connectivity index (χ3n) is 3.00. The molecule has 94 valence electrons. The number of rotatable bonds is 2. The topological polar surface area (TPSA) is 37.3 Å². The minimum absolute atomic E-state index is 0.132. The van der Waals surface area contributed by atoms with Gasteiger partial charge in [0.25, 0.3) is 0 Å². The maximum Gasteiger partial charge on any atom is 0.171 e. The lowest BCUT2D eigenvalue weighted by Gasteiger charge is -2.23. The molecule has 0 saturated carbocycles. The van der Waals surface area contributed by atoms with Crippen LogP contribution in [0, 0.1) is 26.2 Å². The van der Waals surface area contributed by atoms with Gasteiger partial charge in [0, 0.05) is 5.41 Å². The van der Waals surface area contributed by atoms with Crippen LogP contribution in [0.1, 0.15) is 49.1 Å². The predicted octanol–water partition coefficient (Wildman–Crippen LogP) is 3.26. The normalized spacial score (nSPS) is 13.6. The largest absolute Gasteiger partial charge is 0.381 e. The maximum atomic E-state index is 12.1. The first-order valence-electron chi connectivity index (χ1n) is 5.94. The summed E-state index contributed by atoms with van der Waals surface area (Å²) in [6.45, 7) is 11.4. The molecule has 0 radical (unpaired) electrons. The summed E-state index contributed by atoms with van der Waals surface area (Å²) < 4.78 is 0. The van der Waals surface area contributed by atoms with Crippen molar-refractivity contribution in [3.05, 3.63) is 34.4 Å². The fourth-order valence-corrected chi connectivity index (χ4v) is 2.16. The van der Waals surface area contributed by atoms with Crippen molar-refractivity contribution in [3.63, 3.8) is 0 Å². The Hall–Kier alpha value is -1.15. The number of ketones is 1. The quantitative estimate of drug-likeness (QED) is 0.852. The first-order chi connectivity index (χ1) is 7.64. The maximum absolute atomic E-state index is 12.1. The molecule has 0 bridgehead atoms. The summed E-state index contributed by atoms with van der Waals surface area (Å²) >= 11 is 0. The SMILES string of the molecule is Cc1cc(C)c(C(O)C(=O)C(C)(C)C)c(C)c1. The summed E-state index contributed by atoms with van der Waals surface area (Å²) in [4.78, 5) is 12.1. The summed E-state index contributed by atoms with van der Waals surface area (Å²) in [6, 6.07) is 4.00. The van der Waals surface area contributed by atoms with E-state index in [9.17, 15) is 9.90 Å². The first-order valence-corrected chi connectivity index (χ1v) is 5.94. The molecule has 2 nitrogen and oxygen atoms in total. The molecular formula is C15H22O2. The number of Topliss-reactive ketones (excluding diaryl/α,β-unsaturated/α-hetero) is 1. The van der Waals surface area contributed by atoms with Crippen LogP contribution < -0.4 is 0 Å². The molecule has 0 aliphatic rings. The Labute approximate surface area is 104 Å². The summed E-state index contributed by atoms with van der Waals surface area (Å²) in [6.07, 6.45) is -1.02. The van der Waals surface area contributed by atoms with E-state index in [1.54, 1.807) is 0 Å². The Morgan fingerprint density at radius 2 is 1.53 bits per heavy atom. The van der Waals surface area contributed by atoms with Gasteiger partial charge in [-0.2, -0.15) is 0 Å². The highest BCUT2D eigenvalue weighted by atomic mass is 16.3. The molecule has 0 aliphatic heterocycles. The molecule has 0 aliphatic carbocycles. The molecule has 1 unspecified atom stereocenters.